The van der Waals surface area contributed by atoms with Crippen LogP contribution >= 0.6 is 11.6 Å². The second-order valence-electron chi connectivity index (χ2n) is 4.61. The number of nitrogen functional groups attached to an aromatic ring is 1. The van der Waals surface area contributed by atoms with Gasteiger partial charge in [-0.3, -0.25) is 0 Å². The lowest BCUT2D eigenvalue weighted by atomic mass is 10.2. The number of ether oxygens (including phenoxy) is 1. The molecule has 3 N–H and O–H groups in total. The van der Waals surface area contributed by atoms with Crippen molar-refractivity contribution in [3.8, 4) is 5.75 Å². The summed E-state index contributed by atoms with van der Waals surface area (Å²) in [4.78, 5) is 4.56. The lowest BCUT2D eigenvalue weighted by Gasteiger charge is -2.21. The molecule has 5 heteroatoms. The Hall–Kier alpha value is -2.20. The Morgan fingerprint density at radius 3 is 3.00 bits per heavy atom. The van der Waals surface area contributed by atoms with E-state index in [4.69, 9.17) is 22.1 Å². The number of hydrogen-bond donors (Lipinski definition) is 2. The first kappa shape index (κ1) is 12.8. The number of benzene rings is 2. The monoisotopic (exact) mass is 287 g/mol. The molecule has 0 saturated carbocycles. The molecule has 0 bridgehead atoms. The molecular weight excluding hydrogens is 274 g/mol. The lowest BCUT2D eigenvalue weighted by molar-refractivity contribution is 0.372. The molecule has 0 amide bonds. The highest BCUT2D eigenvalue weighted by molar-refractivity contribution is 6.31. The third kappa shape index (κ3) is 2.42. The number of hydrogen-bond acceptors (Lipinski definition) is 3. The molecule has 1 heterocycles. The molecule has 20 heavy (non-hydrogen) atoms. The molecule has 0 fully saturated rings. The number of nitrogens with two attached hydrogens (primary N) is 1. The Morgan fingerprint density at radius 2 is 2.15 bits per heavy atom. The van der Waals surface area contributed by atoms with Gasteiger partial charge in [-0.2, -0.15) is 0 Å². The van der Waals surface area contributed by atoms with Crippen LogP contribution in [0.2, 0.25) is 5.02 Å². The summed E-state index contributed by atoms with van der Waals surface area (Å²) in [5.74, 6) is 1.49. The zero-order chi connectivity index (χ0) is 14.1. The number of nitrogens with one attached hydrogen (secondary N) is 1. The molecule has 0 radical (unpaired) electrons. The fourth-order valence-corrected chi connectivity index (χ4v) is 2.19. The zero-order valence-corrected chi connectivity index (χ0v) is 11.7. The highest BCUT2D eigenvalue weighted by atomic mass is 35.5. The van der Waals surface area contributed by atoms with Crippen LogP contribution in [0, 0.1) is 6.92 Å². The van der Waals surface area contributed by atoms with Crippen LogP contribution < -0.4 is 15.8 Å². The van der Waals surface area contributed by atoms with Crippen LogP contribution in [-0.2, 0) is 0 Å². The summed E-state index contributed by atoms with van der Waals surface area (Å²) in [6.07, 6.45) is 0. The first-order chi connectivity index (χ1) is 9.63. The summed E-state index contributed by atoms with van der Waals surface area (Å²) in [6.45, 7) is 2.32. The van der Waals surface area contributed by atoms with Crippen molar-refractivity contribution in [1.29, 1.82) is 0 Å². The number of amidine groups is 1. The second kappa shape index (κ2) is 5.06. The van der Waals surface area contributed by atoms with E-state index in [0.717, 1.165) is 28.5 Å². The average molecular weight is 288 g/mol. The Morgan fingerprint density at radius 1 is 1.30 bits per heavy atom. The predicted octanol–water partition coefficient (Wildman–Crippen LogP) is 3.77. The number of halogens is 1. The van der Waals surface area contributed by atoms with Crippen LogP contribution in [0.3, 0.4) is 0 Å². The molecule has 2 aromatic rings. The van der Waals surface area contributed by atoms with Crippen LogP contribution in [0.5, 0.6) is 5.75 Å². The van der Waals surface area contributed by atoms with Gasteiger partial charge in [-0.05, 0) is 36.8 Å². The predicted molar refractivity (Wildman–Crippen MR) is 83.3 cm³/mol. The number of aliphatic imine (C=N–C) groups is 1. The third-order valence-electron chi connectivity index (χ3n) is 3.14. The van der Waals surface area contributed by atoms with Crippen molar-refractivity contribution < 1.29 is 4.74 Å². The summed E-state index contributed by atoms with van der Waals surface area (Å²) >= 11 is 6.10. The van der Waals surface area contributed by atoms with Crippen molar-refractivity contribution in [3.63, 3.8) is 0 Å². The number of anilines is 2. The van der Waals surface area contributed by atoms with Crippen molar-refractivity contribution in [2.45, 2.75) is 6.92 Å². The van der Waals surface area contributed by atoms with Gasteiger partial charge in [0.2, 0.25) is 0 Å². The second-order valence-corrected chi connectivity index (χ2v) is 5.02. The van der Waals surface area contributed by atoms with E-state index in [1.54, 1.807) is 6.07 Å². The van der Waals surface area contributed by atoms with Gasteiger partial charge >= 0.3 is 0 Å². The van der Waals surface area contributed by atoms with Crippen LogP contribution in [-0.4, -0.2) is 12.4 Å². The number of rotatable bonds is 1. The Labute approximate surface area is 122 Å². The molecule has 3 rings (SSSR count). The number of fused-ring (bicyclic) bond motifs is 1. The molecule has 0 atom stereocenters. The van der Waals surface area contributed by atoms with Crippen molar-refractivity contribution in [2.75, 3.05) is 17.7 Å². The highest BCUT2D eigenvalue weighted by Gasteiger charge is 2.15. The van der Waals surface area contributed by atoms with Crippen molar-refractivity contribution in [1.82, 2.24) is 0 Å². The van der Waals surface area contributed by atoms with E-state index in [9.17, 15) is 0 Å². The van der Waals surface area contributed by atoms with Gasteiger partial charge in [0.25, 0.3) is 0 Å². The summed E-state index contributed by atoms with van der Waals surface area (Å²) in [5, 5.41) is 3.95. The minimum absolute atomic E-state index is 0.377. The smallest absolute Gasteiger partial charge is 0.146 e. The maximum absolute atomic E-state index is 6.10. The van der Waals surface area contributed by atoms with E-state index >= 15 is 0 Å². The first-order valence-electron chi connectivity index (χ1n) is 6.25. The molecule has 0 unspecified atom stereocenters. The highest BCUT2D eigenvalue weighted by Crippen LogP contribution is 2.31. The van der Waals surface area contributed by atoms with Gasteiger partial charge in [-0.25, -0.2) is 4.99 Å². The van der Waals surface area contributed by atoms with Gasteiger partial charge in [0.05, 0.1) is 11.4 Å². The molecule has 0 aromatic heterocycles. The molecule has 0 spiro atoms. The van der Waals surface area contributed by atoms with E-state index in [-0.39, 0.29) is 0 Å². The Kier molecular flexibility index (Phi) is 3.24. The van der Waals surface area contributed by atoms with Gasteiger partial charge in [-0.1, -0.05) is 17.7 Å². The summed E-state index contributed by atoms with van der Waals surface area (Å²) in [7, 11) is 0. The SMILES string of the molecule is Cc1c(Cl)cccc1N=C1COc2cc(N)ccc2N1. The van der Waals surface area contributed by atoms with Crippen molar-refractivity contribution >= 4 is 34.5 Å². The fourth-order valence-electron chi connectivity index (χ4n) is 2.02. The maximum Gasteiger partial charge on any atom is 0.146 e. The minimum Gasteiger partial charge on any atom is -0.483 e. The van der Waals surface area contributed by atoms with Gasteiger partial charge in [0.15, 0.2) is 0 Å². The van der Waals surface area contributed by atoms with Crippen LogP contribution in [0.15, 0.2) is 41.4 Å². The molecule has 1 aliphatic heterocycles. The average Bonchev–Trinajstić information content (AvgIpc) is 2.44. The molecule has 0 aliphatic carbocycles. The van der Waals surface area contributed by atoms with E-state index in [1.807, 2.05) is 37.3 Å². The quantitative estimate of drug-likeness (QED) is 0.785. The standard InChI is InChI=1S/C15H14ClN3O/c1-9-11(16)3-2-4-12(9)18-15-8-20-14-7-10(17)5-6-13(14)19-15/h2-7H,8,17H2,1H3,(H,18,19). The van der Waals surface area contributed by atoms with E-state index in [1.165, 1.54) is 0 Å². The van der Waals surface area contributed by atoms with Crippen LogP contribution in [0.25, 0.3) is 0 Å². The van der Waals surface area contributed by atoms with Crippen molar-refractivity contribution in [3.05, 3.63) is 47.0 Å². The summed E-state index contributed by atoms with van der Waals surface area (Å²) < 4.78 is 5.65. The van der Waals surface area contributed by atoms with E-state index in [2.05, 4.69) is 10.3 Å². The maximum atomic E-state index is 6.10. The molecular formula is C15H14ClN3O. The molecule has 102 valence electrons. The number of nitrogens with zero attached hydrogens (tertiary/aromatic N) is 1. The molecule has 4 nitrogen and oxygen atoms in total. The van der Waals surface area contributed by atoms with Gasteiger partial charge in [0.1, 0.15) is 18.2 Å². The van der Waals surface area contributed by atoms with Gasteiger partial charge in [-0.15, -0.1) is 0 Å². The molecule has 2 aromatic carbocycles. The van der Waals surface area contributed by atoms with Crippen molar-refractivity contribution in [2.24, 2.45) is 4.99 Å². The normalized spacial score (nSPS) is 15.4. The topological polar surface area (TPSA) is 59.6 Å². The Balaban J connectivity index is 1.92. The summed E-state index contributed by atoms with van der Waals surface area (Å²) in [6, 6.07) is 11.2. The molecule has 1 aliphatic rings. The summed E-state index contributed by atoms with van der Waals surface area (Å²) in [5.41, 5.74) is 9.05. The van der Waals surface area contributed by atoms with Crippen LogP contribution in [0.1, 0.15) is 5.56 Å². The lowest BCUT2D eigenvalue weighted by Crippen LogP contribution is -2.25. The van der Waals surface area contributed by atoms with Gasteiger partial charge in [0, 0.05) is 16.8 Å². The van der Waals surface area contributed by atoms with E-state index < -0.39 is 0 Å². The van der Waals surface area contributed by atoms with E-state index in [0.29, 0.717) is 17.3 Å². The Bertz CT molecular complexity index is 698. The van der Waals surface area contributed by atoms with Gasteiger partial charge < -0.3 is 15.8 Å². The minimum atomic E-state index is 0.377. The fraction of sp³-hybridized carbons (Fsp3) is 0.133. The molecule has 0 saturated heterocycles. The first-order valence-corrected chi connectivity index (χ1v) is 6.63. The largest absolute Gasteiger partial charge is 0.483 e. The third-order valence-corrected chi connectivity index (χ3v) is 3.55. The zero-order valence-electron chi connectivity index (χ0n) is 11.0. The van der Waals surface area contributed by atoms with Crippen LogP contribution in [0.4, 0.5) is 17.1 Å².